The molecule has 31 heavy (non-hydrogen) atoms. The highest BCUT2D eigenvalue weighted by atomic mass is 19.4. The molecule has 0 N–H and O–H groups in total. The van der Waals surface area contributed by atoms with E-state index >= 15 is 0 Å². The molecule has 0 aliphatic heterocycles. The van der Waals surface area contributed by atoms with Crippen molar-refractivity contribution in [1.29, 1.82) is 0 Å². The molecule has 1 saturated carbocycles. The minimum atomic E-state index is -4.43. The van der Waals surface area contributed by atoms with Crippen LogP contribution in [0.1, 0.15) is 25.7 Å². The molecule has 10 heteroatoms. The summed E-state index contributed by atoms with van der Waals surface area (Å²) in [6.45, 7) is -1.39. The third kappa shape index (κ3) is 4.89. The Hall–Kier alpha value is -3.30. The van der Waals surface area contributed by atoms with E-state index in [2.05, 4.69) is 10.1 Å². The van der Waals surface area contributed by atoms with Crippen LogP contribution in [0, 0.1) is 0 Å². The summed E-state index contributed by atoms with van der Waals surface area (Å²) in [5.41, 5.74) is 1.14. The molecule has 7 nitrogen and oxygen atoms in total. The SMILES string of the molecule is Cn1nccc1-c1cc(=O)n(-c2ccc(OCC(F)(F)F)cc2)c(OC2CCCC2)n1. The van der Waals surface area contributed by atoms with Crippen LogP contribution in [-0.4, -0.2) is 38.2 Å². The Kier molecular flexibility index (Phi) is 5.71. The second kappa shape index (κ2) is 8.44. The van der Waals surface area contributed by atoms with Crippen LogP contribution in [0.4, 0.5) is 13.2 Å². The molecule has 0 amide bonds. The Morgan fingerprint density at radius 1 is 1.13 bits per heavy atom. The summed E-state index contributed by atoms with van der Waals surface area (Å²) in [4.78, 5) is 17.6. The zero-order valence-electron chi connectivity index (χ0n) is 16.8. The Morgan fingerprint density at radius 2 is 1.84 bits per heavy atom. The third-order valence-electron chi connectivity index (χ3n) is 5.04. The van der Waals surface area contributed by atoms with Crippen LogP contribution in [0.2, 0.25) is 0 Å². The topological polar surface area (TPSA) is 71.2 Å². The first-order valence-corrected chi connectivity index (χ1v) is 9.89. The maximum Gasteiger partial charge on any atom is 0.422 e. The Bertz CT molecular complexity index is 1100. The molecule has 3 aromatic rings. The van der Waals surface area contributed by atoms with Crippen molar-refractivity contribution in [3.8, 4) is 28.8 Å². The van der Waals surface area contributed by atoms with Crippen LogP contribution in [0.3, 0.4) is 0 Å². The van der Waals surface area contributed by atoms with Gasteiger partial charge in [0.2, 0.25) is 0 Å². The summed E-state index contributed by atoms with van der Waals surface area (Å²) in [6.07, 6.45) is 0.965. The smallest absolute Gasteiger partial charge is 0.422 e. The van der Waals surface area contributed by atoms with E-state index < -0.39 is 12.8 Å². The summed E-state index contributed by atoms with van der Waals surface area (Å²) in [7, 11) is 1.75. The van der Waals surface area contributed by atoms with Gasteiger partial charge in [-0.25, -0.2) is 4.57 Å². The number of benzene rings is 1. The van der Waals surface area contributed by atoms with Crippen molar-refractivity contribution in [3.05, 3.63) is 52.9 Å². The lowest BCUT2D eigenvalue weighted by Gasteiger charge is -2.18. The van der Waals surface area contributed by atoms with E-state index in [4.69, 9.17) is 9.47 Å². The first-order valence-electron chi connectivity index (χ1n) is 9.89. The number of rotatable bonds is 6. The molecule has 0 unspecified atom stereocenters. The van der Waals surface area contributed by atoms with Crippen molar-refractivity contribution in [2.75, 3.05) is 6.61 Å². The van der Waals surface area contributed by atoms with Crippen molar-refractivity contribution in [1.82, 2.24) is 19.3 Å². The minimum absolute atomic E-state index is 0.0469. The van der Waals surface area contributed by atoms with Gasteiger partial charge in [0, 0.05) is 19.3 Å². The second-order valence-electron chi connectivity index (χ2n) is 7.36. The second-order valence-corrected chi connectivity index (χ2v) is 7.36. The van der Waals surface area contributed by atoms with E-state index in [0.717, 1.165) is 25.7 Å². The third-order valence-corrected chi connectivity index (χ3v) is 5.04. The molecule has 1 aromatic carbocycles. The normalized spacial score (nSPS) is 14.7. The fourth-order valence-corrected chi connectivity index (χ4v) is 3.55. The van der Waals surface area contributed by atoms with Crippen molar-refractivity contribution in [2.45, 2.75) is 38.0 Å². The molecule has 0 radical (unpaired) electrons. The largest absolute Gasteiger partial charge is 0.484 e. The van der Waals surface area contributed by atoms with Crippen LogP contribution in [0.15, 0.2) is 47.4 Å². The number of nitrogens with zero attached hydrogens (tertiary/aromatic N) is 4. The molecule has 0 bridgehead atoms. The summed E-state index contributed by atoms with van der Waals surface area (Å²) in [5.74, 6) is 0.0480. The summed E-state index contributed by atoms with van der Waals surface area (Å²) >= 11 is 0. The van der Waals surface area contributed by atoms with Gasteiger partial charge in [0.15, 0.2) is 6.61 Å². The van der Waals surface area contributed by atoms with E-state index in [1.807, 2.05) is 0 Å². The van der Waals surface area contributed by atoms with Crippen molar-refractivity contribution < 1.29 is 22.6 Å². The number of alkyl halides is 3. The first kappa shape index (κ1) is 21.0. The number of halogens is 3. The molecule has 1 aliphatic carbocycles. The Balaban J connectivity index is 1.70. The molecule has 1 aliphatic rings. The number of hydrogen-bond donors (Lipinski definition) is 0. The standard InChI is InChI=1S/C21H21F3N4O3/c1-27-18(10-11-25-27)17-12-19(29)28(20(26-17)31-16-4-2-3-5-16)14-6-8-15(9-7-14)30-13-21(22,23)24/h6-12,16H,2-5,13H2,1H3. The van der Waals surface area contributed by atoms with E-state index in [1.165, 1.54) is 34.9 Å². The maximum absolute atomic E-state index is 13.0. The fraction of sp³-hybridized carbons (Fsp3) is 0.381. The molecular formula is C21H21F3N4O3. The Labute approximate surface area is 176 Å². The van der Waals surface area contributed by atoms with E-state index in [0.29, 0.717) is 17.1 Å². The highest BCUT2D eigenvalue weighted by Crippen LogP contribution is 2.27. The van der Waals surface area contributed by atoms with Crippen LogP contribution >= 0.6 is 0 Å². The quantitative estimate of drug-likeness (QED) is 0.589. The monoisotopic (exact) mass is 434 g/mol. The van der Waals surface area contributed by atoms with E-state index in [9.17, 15) is 18.0 Å². The van der Waals surface area contributed by atoms with Gasteiger partial charge >= 0.3 is 12.2 Å². The lowest BCUT2D eigenvalue weighted by atomic mass is 10.2. The molecule has 0 saturated heterocycles. The van der Waals surface area contributed by atoms with Gasteiger partial charge in [0.25, 0.3) is 5.56 Å². The summed E-state index contributed by atoms with van der Waals surface area (Å²) in [5, 5.41) is 4.11. The van der Waals surface area contributed by atoms with Gasteiger partial charge in [-0.3, -0.25) is 9.48 Å². The lowest BCUT2D eigenvalue weighted by molar-refractivity contribution is -0.153. The van der Waals surface area contributed by atoms with Crippen LogP contribution in [0.25, 0.3) is 17.1 Å². The van der Waals surface area contributed by atoms with E-state index in [-0.39, 0.29) is 23.4 Å². The molecule has 164 valence electrons. The average molecular weight is 434 g/mol. The number of hydrogen-bond acceptors (Lipinski definition) is 5. The molecule has 2 heterocycles. The Morgan fingerprint density at radius 3 is 2.45 bits per heavy atom. The molecule has 0 atom stereocenters. The van der Waals surface area contributed by atoms with Crippen LogP contribution in [-0.2, 0) is 7.05 Å². The van der Waals surface area contributed by atoms with Crippen molar-refractivity contribution >= 4 is 0 Å². The molecule has 2 aromatic heterocycles. The highest BCUT2D eigenvalue weighted by Gasteiger charge is 2.28. The van der Waals surface area contributed by atoms with Gasteiger partial charge in [-0.05, 0) is 56.0 Å². The highest BCUT2D eigenvalue weighted by molar-refractivity contribution is 5.54. The zero-order valence-corrected chi connectivity index (χ0v) is 16.8. The zero-order chi connectivity index (χ0) is 22.0. The number of aryl methyl sites for hydroxylation is 1. The molecule has 4 rings (SSSR count). The van der Waals surface area contributed by atoms with Gasteiger partial charge in [-0.2, -0.15) is 23.3 Å². The minimum Gasteiger partial charge on any atom is -0.484 e. The number of aromatic nitrogens is 4. The van der Waals surface area contributed by atoms with Crippen molar-refractivity contribution in [2.24, 2.45) is 7.05 Å². The summed E-state index contributed by atoms with van der Waals surface area (Å²) < 4.78 is 50.8. The average Bonchev–Trinajstić information content (AvgIpc) is 3.38. The van der Waals surface area contributed by atoms with E-state index in [1.54, 1.807) is 24.0 Å². The van der Waals surface area contributed by atoms with Crippen LogP contribution in [0.5, 0.6) is 11.8 Å². The predicted molar refractivity (Wildman–Crippen MR) is 106 cm³/mol. The van der Waals surface area contributed by atoms with Gasteiger partial charge in [0.05, 0.1) is 17.1 Å². The van der Waals surface area contributed by atoms with Gasteiger partial charge in [-0.1, -0.05) is 0 Å². The predicted octanol–water partition coefficient (Wildman–Crippen LogP) is 3.90. The summed E-state index contributed by atoms with van der Waals surface area (Å²) in [6, 6.07) is 9.02. The van der Waals surface area contributed by atoms with Gasteiger partial charge < -0.3 is 9.47 Å². The first-order chi connectivity index (χ1) is 14.8. The maximum atomic E-state index is 13.0. The molecule has 1 fully saturated rings. The molecular weight excluding hydrogens is 413 g/mol. The van der Waals surface area contributed by atoms with Crippen molar-refractivity contribution in [3.63, 3.8) is 0 Å². The lowest BCUT2D eigenvalue weighted by Crippen LogP contribution is -2.25. The molecule has 0 spiro atoms. The fourth-order valence-electron chi connectivity index (χ4n) is 3.55. The van der Waals surface area contributed by atoms with Gasteiger partial charge in [0.1, 0.15) is 11.9 Å². The van der Waals surface area contributed by atoms with Crippen LogP contribution < -0.4 is 15.0 Å². The van der Waals surface area contributed by atoms with Gasteiger partial charge in [-0.15, -0.1) is 0 Å². The number of ether oxygens (including phenoxy) is 2.